The van der Waals surface area contributed by atoms with Crippen molar-refractivity contribution in [2.45, 2.75) is 90.3 Å². The summed E-state index contributed by atoms with van der Waals surface area (Å²) in [5.74, 6) is -0.698. The molecule has 2 fully saturated rings. The van der Waals surface area contributed by atoms with Crippen molar-refractivity contribution in [3.8, 4) is 0 Å². The van der Waals surface area contributed by atoms with Gasteiger partial charge in [0.1, 0.15) is 0 Å². The van der Waals surface area contributed by atoms with Crippen LogP contribution in [-0.4, -0.2) is 16.0 Å². The van der Waals surface area contributed by atoms with Gasteiger partial charge in [0.2, 0.25) is 0 Å². The van der Waals surface area contributed by atoms with Gasteiger partial charge in [-0.1, -0.05) is 65.2 Å². The van der Waals surface area contributed by atoms with Crippen molar-refractivity contribution in [3.05, 3.63) is 0 Å². The summed E-state index contributed by atoms with van der Waals surface area (Å²) in [5.41, 5.74) is -0.378. The molecule has 0 aromatic carbocycles. The fraction of sp³-hybridized carbons (Fsp3) is 1.00. The normalized spacial score (nSPS) is 24.6. The van der Waals surface area contributed by atoms with Crippen LogP contribution in [0.15, 0.2) is 0 Å². The highest BCUT2D eigenvalue weighted by Gasteiger charge is 2.48. The summed E-state index contributed by atoms with van der Waals surface area (Å²) in [6.45, 7) is 4.13. The van der Waals surface area contributed by atoms with Gasteiger partial charge in [-0.25, -0.2) is 0 Å². The van der Waals surface area contributed by atoms with E-state index in [0.29, 0.717) is 5.92 Å². The van der Waals surface area contributed by atoms with Crippen molar-refractivity contribution in [2.75, 3.05) is 0 Å². The van der Waals surface area contributed by atoms with Gasteiger partial charge in [-0.3, -0.25) is 0 Å². The van der Waals surface area contributed by atoms with Crippen molar-refractivity contribution >= 4 is 0 Å². The van der Waals surface area contributed by atoms with Crippen molar-refractivity contribution in [1.82, 2.24) is 0 Å². The third kappa shape index (κ3) is 3.52. The highest BCUT2D eigenvalue weighted by Crippen LogP contribution is 2.46. The first-order valence-electron chi connectivity index (χ1n) is 8.38. The molecule has 112 valence electrons. The Morgan fingerprint density at radius 1 is 0.789 bits per heavy atom. The summed E-state index contributed by atoms with van der Waals surface area (Å²) in [4.78, 5) is 0. The van der Waals surface area contributed by atoms with Crippen LogP contribution >= 0.6 is 0 Å². The van der Waals surface area contributed by atoms with Crippen LogP contribution in [-0.2, 0) is 0 Å². The van der Waals surface area contributed by atoms with Gasteiger partial charge in [-0.05, 0) is 25.2 Å². The summed E-state index contributed by atoms with van der Waals surface area (Å²) in [5, 5.41) is 21.5. The van der Waals surface area contributed by atoms with E-state index in [2.05, 4.69) is 13.8 Å². The fourth-order valence-electron chi connectivity index (χ4n) is 4.32. The molecule has 0 aromatic heterocycles. The Balaban J connectivity index is 1.98. The average Bonchev–Trinajstić information content (AvgIpc) is 2.40. The van der Waals surface area contributed by atoms with E-state index in [4.69, 9.17) is 0 Å². The zero-order valence-electron chi connectivity index (χ0n) is 12.8. The van der Waals surface area contributed by atoms with Gasteiger partial charge in [-0.2, -0.15) is 0 Å². The first kappa shape index (κ1) is 15.3. The van der Waals surface area contributed by atoms with Gasteiger partial charge >= 0.3 is 0 Å². The van der Waals surface area contributed by atoms with Crippen LogP contribution in [0.2, 0.25) is 0 Å². The molecular formula is C17H32O2. The number of hydrogen-bond donors (Lipinski definition) is 2. The second kappa shape index (κ2) is 6.13. The Hall–Kier alpha value is -0.0800. The third-order valence-corrected chi connectivity index (χ3v) is 5.69. The maximum Gasteiger partial charge on any atom is 0.170 e. The van der Waals surface area contributed by atoms with E-state index in [0.717, 1.165) is 32.1 Å². The van der Waals surface area contributed by atoms with Gasteiger partial charge in [0, 0.05) is 11.3 Å². The van der Waals surface area contributed by atoms with Crippen LogP contribution in [0.4, 0.5) is 0 Å². The van der Waals surface area contributed by atoms with Crippen LogP contribution in [0.3, 0.4) is 0 Å². The van der Waals surface area contributed by atoms with Crippen molar-refractivity contribution in [3.63, 3.8) is 0 Å². The summed E-state index contributed by atoms with van der Waals surface area (Å²) >= 11 is 0. The van der Waals surface area contributed by atoms with Crippen LogP contribution in [0.25, 0.3) is 0 Å². The van der Waals surface area contributed by atoms with E-state index in [1.807, 2.05) is 0 Å². The lowest BCUT2D eigenvalue weighted by Crippen LogP contribution is -2.52. The van der Waals surface area contributed by atoms with Crippen molar-refractivity contribution in [1.29, 1.82) is 0 Å². The highest BCUT2D eigenvalue weighted by atomic mass is 16.5. The molecule has 2 rings (SSSR count). The van der Waals surface area contributed by atoms with E-state index in [1.54, 1.807) is 0 Å². The molecule has 2 N–H and O–H groups in total. The molecule has 2 aliphatic carbocycles. The second-order valence-corrected chi connectivity index (χ2v) is 7.65. The predicted molar refractivity (Wildman–Crippen MR) is 78.7 cm³/mol. The third-order valence-electron chi connectivity index (χ3n) is 5.69. The molecule has 0 bridgehead atoms. The molecule has 0 atom stereocenters. The zero-order chi connectivity index (χ0) is 13.9. The molecule has 0 amide bonds. The first-order valence-corrected chi connectivity index (χ1v) is 8.38. The number of hydrogen-bond acceptors (Lipinski definition) is 2. The van der Waals surface area contributed by atoms with Crippen molar-refractivity contribution in [2.24, 2.45) is 17.3 Å². The fourth-order valence-corrected chi connectivity index (χ4v) is 4.32. The zero-order valence-corrected chi connectivity index (χ0v) is 12.8. The average molecular weight is 268 g/mol. The number of aliphatic hydroxyl groups is 2. The van der Waals surface area contributed by atoms with Crippen molar-refractivity contribution < 1.29 is 10.2 Å². The van der Waals surface area contributed by atoms with Gasteiger partial charge in [0.15, 0.2) is 5.79 Å². The lowest BCUT2D eigenvalue weighted by molar-refractivity contribution is -0.276. The summed E-state index contributed by atoms with van der Waals surface area (Å²) in [7, 11) is 0. The minimum Gasteiger partial charge on any atom is -0.365 e. The molecule has 19 heavy (non-hydrogen) atoms. The lowest BCUT2D eigenvalue weighted by atomic mass is 9.66. The van der Waals surface area contributed by atoms with Crippen LogP contribution in [0.5, 0.6) is 0 Å². The van der Waals surface area contributed by atoms with Gasteiger partial charge in [0.05, 0.1) is 0 Å². The van der Waals surface area contributed by atoms with E-state index < -0.39 is 5.79 Å². The summed E-state index contributed by atoms with van der Waals surface area (Å²) in [6.07, 6.45) is 13.1. The Kier molecular flexibility index (Phi) is 4.94. The van der Waals surface area contributed by atoms with E-state index >= 15 is 0 Å². The maximum atomic E-state index is 10.8. The SMILES string of the molecule is CC(C)(CC1CCCCC1)C(O)(O)C1CCCCC1. The molecular weight excluding hydrogens is 236 g/mol. The lowest BCUT2D eigenvalue weighted by Gasteiger charge is -2.46. The van der Waals surface area contributed by atoms with Crippen LogP contribution < -0.4 is 0 Å². The first-order chi connectivity index (χ1) is 8.93. The minimum atomic E-state index is -1.48. The molecule has 0 radical (unpaired) electrons. The minimum absolute atomic E-state index is 0.0832. The molecule has 0 aliphatic heterocycles. The Labute approximate surface area is 118 Å². The van der Waals surface area contributed by atoms with Gasteiger partial charge < -0.3 is 10.2 Å². The standard InChI is InChI=1S/C17H32O2/c1-16(2,13-14-9-5-3-6-10-14)17(18,19)15-11-7-4-8-12-15/h14-15,18-19H,3-13H2,1-2H3. The van der Waals surface area contributed by atoms with Crippen LogP contribution in [0.1, 0.15) is 84.5 Å². The van der Waals surface area contributed by atoms with Gasteiger partial charge in [0.25, 0.3) is 0 Å². The van der Waals surface area contributed by atoms with E-state index in [-0.39, 0.29) is 11.3 Å². The monoisotopic (exact) mass is 268 g/mol. The van der Waals surface area contributed by atoms with E-state index in [9.17, 15) is 10.2 Å². The molecule has 0 heterocycles. The quantitative estimate of drug-likeness (QED) is 0.749. The highest BCUT2D eigenvalue weighted by molar-refractivity contribution is 4.92. The molecule has 0 unspecified atom stereocenters. The molecule has 2 aliphatic rings. The molecule has 2 heteroatoms. The number of rotatable bonds is 4. The van der Waals surface area contributed by atoms with Crippen LogP contribution in [0, 0.1) is 17.3 Å². The molecule has 0 aromatic rings. The summed E-state index contributed by atoms with van der Waals surface area (Å²) < 4.78 is 0. The second-order valence-electron chi connectivity index (χ2n) is 7.65. The molecule has 0 spiro atoms. The maximum absolute atomic E-state index is 10.8. The largest absolute Gasteiger partial charge is 0.365 e. The Morgan fingerprint density at radius 3 is 1.79 bits per heavy atom. The Bertz CT molecular complexity index is 271. The smallest absolute Gasteiger partial charge is 0.170 e. The molecule has 2 saturated carbocycles. The molecule has 0 saturated heterocycles. The Morgan fingerprint density at radius 2 is 1.26 bits per heavy atom. The van der Waals surface area contributed by atoms with Gasteiger partial charge in [-0.15, -0.1) is 0 Å². The predicted octanol–water partition coefficient (Wildman–Crippen LogP) is 4.24. The topological polar surface area (TPSA) is 40.5 Å². The molecule has 2 nitrogen and oxygen atoms in total. The van der Waals surface area contributed by atoms with E-state index in [1.165, 1.54) is 38.5 Å². The summed E-state index contributed by atoms with van der Waals surface area (Å²) in [6, 6.07) is 0.